The molecule has 0 atom stereocenters. The number of anilines is 1. The van der Waals surface area contributed by atoms with Crippen LogP contribution in [0.4, 0.5) is 6.01 Å². The Kier molecular flexibility index (Phi) is 2.69. The molecule has 14 heavy (non-hydrogen) atoms. The molecule has 2 aromatic heterocycles. The van der Waals surface area contributed by atoms with E-state index in [0.29, 0.717) is 18.4 Å². The highest BCUT2D eigenvalue weighted by Gasteiger charge is 2.04. The zero-order valence-corrected chi connectivity index (χ0v) is 9.02. The molecular weight excluding hydrogens is 222 g/mol. The lowest BCUT2D eigenvalue weighted by Gasteiger charge is -1.98. The third-order valence-electron chi connectivity index (χ3n) is 1.65. The van der Waals surface area contributed by atoms with Crippen LogP contribution >= 0.6 is 22.9 Å². The van der Waals surface area contributed by atoms with Crippen molar-refractivity contribution < 1.29 is 4.52 Å². The molecule has 0 saturated heterocycles. The molecule has 0 amide bonds. The highest BCUT2D eigenvalue weighted by atomic mass is 35.5. The Morgan fingerprint density at radius 3 is 3.07 bits per heavy atom. The summed E-state index contributed by atoms with van der Waals surface area (Å²) in [5.74, 6) is 0.615. The van der Waals surface area contributed by atoms with Gasteiger partial charge in [0.15, 0.2) is 5.82 Å². The summed E-state index contributed by atoms with van der Waals surface area (Å²) in [5, 5.41) is 8.59. The van der Waals surface area contributed by atoms with Gasteiger partial charge in [0.25, 0.3) is 0 Å². The van der Waals surface area contributed by atoms with Crippen LogP contribution < -0.4 is 5.32 Å². The van der Waals surface area contributed by atoms with E-state index in [9.17, 15) is 0 Å². The van der Waals surface area contributed by atoms with Gasteiger partial charge >= 0.3 is 6.01 Å². The van der Waals surface area contributed by atoms with Crippen LogP contribution in [-0.4, -0.2) is 10.1 Å². The van der Waals surface area contributed by atoms with Crippen LogP contribution in [0.25, 0.3) is 0 Å². The van der Waals surface area contributed by atoms with Crippen molar-refractivity contribution in [1.29, 1.82) is 0 Å². The summed E-state index contributed by atoms with van der Waals surface area (Å²) in [6.07, 6.45) is 0. The molecule has 0 bridgehead atoms. The van der Waals surface area contributed by atoms with E-state index in [1.807, 2.05) is 11.4 Å². The molecule has 0 radical (unpaired) electrons. The minimum Gasteiger partial charge on any atom is -0.334 e. The number of hydrogen-bond donors (Lipinski definition) is 1. The number of aromatic nitrogens is 2. The second-order valence-electron chi connectivity index (χ2n) is 2.72. The molecule has 2 rings (SSSR count). The lowest BCUT2D eigenvalue weighted by molar-refractivity contribution is 0.425. The average Bonchev–Trinajstić information content (AvgIpc) is 2.72. The van der Waals surface area contributed by atoms with Gasteiger partial charge in [-0.15, -0.1) is 11.3 Å². The highest BCUT2D eigenvalue weighted by Crippen LogP contribution is 2.23. The summed E-state index contributed by atoms with van der Waals surface area (Å²) in [4.78, 5) is 4.01. The summed E-state index contributed by atoms with van der Waals surface area (Å²) in [7, 11) is 0. The first-order valence-corrected chi connectivity index (χ1v) is 5.27. The largest absolute Gasteiger partial charge is 0.334 e. The van der Waals surface area contributed by atoms with Gasteiger partial charge in [0, 0.05) is 12.1 Å². The maximum atomic E-state index is 5.92. The normalized spacial score (nSPS) is 10.4. The highest BCUT2D eigenvalue weighted by molar-refractivity contribution is 7.14. The van der Waals surface area contributed by atoms with Crippen molar-refractivity contribution in [2.45, 2.75) is 13.5 Å². The zero-order valence-electron chi connectivity index (χ0n) is 7.45. The lowest BCUT2D eigenvalue weighted by atomic mass is 10.3. The number of thiophene rings is 1. The second kappa shape index (κ2) is 3.98. The van der Waals surface area contributed by atoms with Gasteiger partial charge in [-0.1, -0.05) is 16.8 Å². The fraction of sp³-hybridized carbons (Fsp3) is 0.250. The van der Waals surface area contributed by atoms with Gasteiger partial charge in [-0.2, -0.15) is 4.98 Å². The Balaban J connectivity index is 1.98. The minimum atomic E-state index is 0.421. The molecule has 4 nitrogen and oxygen atoms in total. The van der Waals surface area contributed by atoms with Gasteiger partial charge in [-0.3, -0.25) is 0 Å². The predicted octanol–water partition coefficient (Wildman–Crippen LogP) is 2.71. The summed E-state index contributed by atoms with van der Waals surface area (Å²) >= 11 is 7.43. The summed E-state index contributed by atoms with van der Waals surface area (Å²) in [5.41, 5.74) is 1.03. The van der Waals surface area contributed by atoms with Gasteiger partial charge in [0.05, 0.1) is 4.34 Å². The monoisotopic (exact) mass is 229 g/mol. The SMILES string of the molecule is Cc1noc(NCc2ccsc2Cl)n1. The summed E-state index contributed by atoms with van der Waals surface area (Å²) in [6.45, 7) is 2.37. The van der Waals surface area contributed by atoms with E-state index in [2.05, 4.69) is 15.5 Å². The van der Waals surface area contributed by atoms with Crippen LogP contribution in [0.1, 0.15) is 11.4 Å². The van der Waals surface area contributed by atoms with Gasteiger partial charge in [0.2, 0.25) is 0 Å². The Labute approximate surface area is 89.9 Å². The molecule has 1 N–H and O–H groups in total. The van der Waals surface area contributed by atoms with E-state index < -0.39 is 0 Å². The molecular formula is C8H8ClN3OS. The molecule has 2 aromatic rings. The van der Waals surface area contributed by atoms with Crippen molar-refractivity contribution in [2.75, 3.05) is 5.32 Å². The molecule has 0 aliphatic rings. The molecule has 0 aliphatic carbocycles. The van der Waals surface area contributed by atoms with Gasteiger partial charge in [-0.25, -0.2) is 0 Å². The first-order chi connectivity index (χ1) is 6.75. The predicted molar refractivity (Wildman–Crippen MR) is 55.7 cm³/mol. The number of rotatable bonds is 3. The Morgan fingerprint density at radius 1 is 1.64 bits per heavy atom. The van der Waals surface area contributed by atoms with E-state index in [-0.39, 0.29) is 0 Å². The van der Waals surface area contributed by atoms with E-state index in [1.165, 1.54) is 11.3 Å². The molecule has 2 heterocycles. The van der Waals surface area contributed by atoms with E-state index in [1.54, 1.807) is 6.92 Å². The van der Waals surface area contributed by atoms with Crippen LogP contribution in [0.5, 0.6) is 0 Å². The zero-order chi connectivity index (χ0) is 9.97. The molecule has 0 aliphatic heterocycles. The summed E-state index contributed by atoms with van der Waals surface area (Å²) < 4.78 is 5.68. The number of nitrogens with one attached hydrogen (secondary N) is 1. The van der Waals surface area contributed by atoms with Crippen LogP contribution in [0.15, 0.2) is 16.0 Å². The third kappa shape index (κ3) is 2.05. The van der Waals surface area contributed by atoms with E-state index in [4.69, 9.17) is 16.1 Å². The standard InChI is InChI=1S/C8H8ClN3OS/c1-5-11-8(13-12-5)10-4-6-2-3-14-7(6)9/h2-3H,4H2,1H3,(H,10,11,12). The molecule has 0 saturated carbocycles. The smallest absolute Gasteiger partial charge is 0.321 e. The van der Waals surface area contributed by atoms with Crippen molar-refractivity contribution in [3.05, 3.63) is 27.2 Å². The molecule has 6 heteroatoms. The molecule has 0 fully saturated rings. The second-order valence-corrected chi connectivity index (χ2v) is 4.24. The van der Waals surface area contributed by atoms with E-state index >= 15 is 0 Å². The fourth-order valence-electron chi connectivity index (χ4n) is 0.985. The van der Waals surface area contributed by atoms with Gasteiger partial charge in [-0.05, 0) is 18.4 Å². The number of hydrogen-bond acceptors (Lipinski definition) is 5. The number of nitrogens with zero attached hydrogens (tertiary/aromatic N) is 2. The Bertz CT molecular complexity index is 426. The topological polar surface area (TPSA) is 51.0 Å². The van der Waals surface area contributed by atoms with Crippen LogP contribution in [0, 0.1) is 6.92 Å². The quantitative estimate of drug-likeness (QED) is 0.879. The Morgan fingerprint density at radius 2 is 2.50 bits per heavy atom. The fourth-order valence-corrected chi connectivity index (χ4v) is 1.91. The van der Waals surface area contributed by atoms with Crippen molar-refractivity contribution in [1.82, 2.24) is 10.1 Å². The average molecular weight is 230 g/mol. The van der Waals surface area contributed by atoms with Gasteiger partial charge in [0.1, 0.15) is 0 Å². The first-order valence-electron chi connectivity index (χ1n) is 4.02. The van der Waals surface area contributed by atoms with Crippen LogP contribution in [0.2, 0.25) is 4.34 Å². The van der Waals surface area contributed by atoms with Crippen LogP contribution in [-0.2, 0) is 6.54 Å². The number of aryl methyl sites for hydroxylation is 1. The molecule has 0 aromatic carbocycles. The lowest BCUT2D eigenvalue weighted by Crippen LogP contribution is -1.98. The first kappa shape index (κ1) is 9.48. The third-order valence-corrected chi connectivity index (χ3v) is 2.90. The molecule has 0 spiro atoms. The summed E-state index contributed by atoms with van der Waals surface area (Å²) in [6, 6.07) is 2.38. The molecule has 0 unspecified atom stereocenters. The van der Waals surface area contributed by atoms with Crippen molar-refractivity contribution >= 4 is 29.0 Å². The maximum absolute atomic E-state index is 5.92. The van der Waals surface area contributed by atoms with Crippen molar-refractivity contribution in [3.63, 3.8) is 0 Å². The van der Waals surface area contributed by atoms with Crippen molar-refractivity contribution in [2.24, 2.45) is 0 Å². The van der Waals surface area contributed by atoms with Crippen LogP contribution in [0.3, 0.4) is 0 Å². The van der Waals surface area contributed by atoms with Crippen molar-refractivity contribution in [3.8, 4) is 0 Å². The number of halogens is 1. The maximum Gasteiger partial charge on any atom is 0.321 e. The van der Waals surface area contributed by atoms with Gasteiger partial charge < -0.3 is 9.84 Å². The van der Waals surface area contributed by atoms with E-state index in [0.717, 1.165) is 9.90 Å². The minimum absolute atomic E-state index is 0.421. The Hall–Kier alpha value is -1.07. The molecule has 74 valence electrons.